The molecule has 1 aliphatic rings. The van der Waals surface area contributed by atoms with Gasteiger partial charge in [0.1, 0.15) is 11.8 Å². The Kier molecular flexibility index (Phi) is 5.01. The number of hydrogen-bond acceptors (Lipinski definition) is 2. The molecule has 0 amide bonds. The normalized spacial score (nSPS) is 22.9. The number of hydrogen-bond donors (Lipinski definition) is 3. The molecule has 4 nitrogen and oxygen atoms in total. The molecule has 3 N–H and O–H groups in total. The first-order chi connectivity index (χ1) is 8.79. The van der Waals surface area contributed by atoms with Gasteiger partial charge in [-0.2, -0.15) is 0 Å². The number of nitrogens with one attached hydrogen (secondary N) is 3. The molecule has 18 heavy (non-hydrogen) atoms. The molecule has 1 aliphatic heterocycles. The summed E-state index contributed by atoms with van der Waals surface area (Å²) in [6.45, 7) is 6.37. The van der Waals surface area contributed by atoms with E-state index in [4.69, 9.17) is 16.6 Å². The molecule has 0 radical (unpaired) electrons. The van der Waals surface area contributed by atoms with Gasteiger partial charge in [-0.15, -0.1) is 0 Å². The Morgan fingerprint density at radius 2 is 2.44 bits per heavy atom. The van der Waals surface area contributed by atoms with Crippen molar-refractivity contribution in [1.29, 1.82) is 0 Å². The van der Waals surface area contributed by atoms with Crippen LogP contribution in [0.15, 0.2) is 22.8 Å². The molecule has 1 aromatic rings. The fourth-order valence-electron chi connectivity index (χ4n) is 2.55. The number of likely N-dealkylation sites (tertiary alicyclic amines) is 1. The van der Waals surface area contributed by atoms with Gasteiger partial charge >= 0.3 is 0 Å². The average molecular weight is 268 g/mol. The number of rotatable bonds is 5. The minimum absolute atomic E-state index is 0.647. The lowest BCUT2D eigenvalue weighted by Crippen LogP contribution is -3.14. The van der Waals surface area contributed by atoms with Crippen LogP contribution in [0.5, 0.6) is 0 Å². The van der Waals surface area contributed by atoms with Crippen LogP contribution in [0.4, 0.5) is 0 Å². The fourth-order valence-corrected chi connectivity index (χ4v) is 2.71. The van der Waals surface area contributed by atoms with Crippen molar-refractivity contribution in [3.63, 3.8) is 0 Å². The highest BCUT2D eigenvalue weighted by atomic mass is 32.1. The van der Waals surface area contributed by atoms with Crippen LogP contribution in [0, 0.1) is 0 Å². The van der Waals surface area contributed by atoms with Crippen LogP contribution < -0.4 is 15.5 Å². The van der Waals surface area contributed by atoms with Crippen molar-refractivity contribution < 1.29 is 9.32 Å². The zero-order valence-electron chi connectivity index (χ0n) is 10.9. The number of quaternary nitrogens is 1. The summed E-state index contributed by atoms with van der Waals surface area (Å²) in [6.07, 6.45) is 4.31. The summed E-state index contributed by atoms with van der Waals surface area (Å²) in [5.41, 5.74) is 0. The van der Waals surface area contributed by atoms with Gasteiger partial charge in [-0.05, 0) is 31.3 Å². The third kappa shape index (κ3) is 3.71. The van der Waals surface area contributed by atoms with E-state index in [1.807, 2.05) is 12.1 Å². The van der Waals surface area contributed by atoms with Crippen LogP contribution in [0.2, 0.25) is 0 Å². The highest BCUT2D eigenvalue weighted by Gasteiger charge is 2.26. The van der Waals surface area contributed by atoms with E-state index >= 15 is 0 Å². The second-order valence-electron chi connectivity index (χ2n) is 4.74. The van der Waals surface area contributed by atoms with Gasteiger partial charge in [-0.3, -0.25) is 0 Å². The maximum absolute atomic E-state index is 5.26. The van der Waals surface area contributed by atoms with Gasteiger partial charge in [0.25, 0.3) is 0 Å². The van der Waals surface area contributed by atoms with Crippen molar-refractivity contribution in [2.24, 2.45) is 0 Å². The van der Waals surface area contributed by atoms with E-state index in [1.165, 1.54) is 25.9 Å². The lowest BCUT2D eigenvalue weighted by Gasteiger charge is -2.20. The van der Waals surface area contributed by atoms with Crippen molar-refractivity contribution in [2.75, 3.05) is 19.6 Å². The zero-order valence-corrected chi connectivity index (χ0v) is 11.7. The van der Waals surface area contributed by atoms with E-state index in [2.05, 4.69) is 17.6 Å². The van der Waals surface area contributed by atoms with Crippen LogP contribution >= 0.6 is 12.2 Å². The Bertz CT molecular complexity index is 366. The van der Waals surface area contributed by atoms with E-state index in [9.17, 15) is 0 Å². The van der Waals surface area contributed by atoms with E-state index in [0.717, 1.165) is 12.3 Å². The molecule has 1 aromatic heterocycles. The highest BCUT2D eigenvalue weighted by molar-refractivity contribution is 7.80. The topological polar surface area (TPSA) is 41.6 Å². The summed E-state index contributed by atoms with van der Waals surface area (Å²) < 4.78 is 5.24. The molecule has 0 bridgehead atoms. The summed E-state index contributed by atoms with van der Waals surface area (Å²) in [5.74, 6) is 0.904. The molecule has 1 unspecified atom stereocenters. The van der Waals surface area contributed by atoms with E-state index < -0.39 is 0 Å². The van der Waals surface area contributed by atoms with Crippen LogP contribution in [0.1, 0.15) is 25.5 Å². The Morgan fingerprint density at radius 3 is 3.17 bits per heavy atom. The molecule has 0 aromatic carbocycles. The maximum Gasteiger partial charge on any atom is 0.166 e. The first-order valence-corrected chi connectivity index (χ1v) is 7.09. The molecule has 2 rings (SSSR count). The number of likely N-dealkylation sites (N-methyl/N-ethyl adjacent to an activating group) is 1. The minimum atomic E-state index is 0.647. The smallest absolute Gasteiger partial charge is 0.166 e. The molecule has 2 atom stereocenters. The van der Waals surface area contributed by atoms with Crippen molar-refractivity contribution in [1.82, 2.24) is 10.6 Å². The molecule has 0 spiro atoms. The second kappa shape index (κ2) is 6.75. The standard InChI is InChI=1S/C13H21N3OS/c1-2-16-7-3-5-11(16)9-14-13(18)15-10-12-6-4-8-17-12/h4,6,8,11H,2-3,5,7,9-10H2,1H3,(H2,14,15,18)/p+1/t11-/m0/s1. The van der Waals surface area contributed by atoms with E-state index in [1.54, 1.807) is 11.2 Å². The molecular formula is C13H22N3OS+. The van der Waals surface area contributed by atoms with Crippen molar-refractivity contribution in [3.05, 3.63) is 24.2 Å². The third-order valence-electron chi connectivity index (χ3n) is 3.59. The second-order valence-corrected chi connectivity index (χ2v) is 5.15. The first-order valence-electron chi connectivity index (χ1n) is 6.68. The van der Waals surface area contributed by atoms with Crippen molar-refractivity contribution >= 4 is 17.3 Å². The van der Waals surface area contributed by atoms with Gasteiger partial charge in [-0.25, -0.2) is 0 Å². The van der Waals surface area contributed by atoms with Crippen LogP contribution in [-0.2, 0) is 6.54 Å². The molecule has 0 saturated carbocycles. The number of thiocarbonyl (C=S) groups is 1. The van der Waals surface area contributed by atoms with Crippen molar-refractivity contribution in [2.45, 2.75) is 32.4 Å². The molecular weight excluding hydrogens is 246 g/mol. The first kappa shape index (κ1) is 13.4. The molecule has 5 heteroatoms. The van der Waals surface area contributed by atoms with Crippen molar-refractivity contribution in [3.8, 4) is 0 Å². The van der Waals surface area contributed by atoms with Crippen LogP contribution in [-0.4, -0.2) is 30.8 Å². The Labute approximate surface area is 114 Å². The largest absolute Gasteiger partial charge is 0.467 e. The molecule has 0 aliphatic carbocycles. The Morgan fingerprint density at radius 1 is 1.56 bits per heavy atom. The number of furan rings is 1. The van der Waals surface area contributed by atoms with Gasteiger partial charge < -0.3 is 20.0 Å². The van der Waals surface area contributed by atoms with Gasteiger partial charge in [0.05, 0.1) is 32.4 Å². The third-order valence-corrected chi connectivity index (χ3v) is 3.88. The van der Waals surface area contributed by atoms with E-state index in [0.29, 0.717) is 17.7 Å². The summed E-state index contributed by atoms with van der Waals surface area (Å²) in [4.78, 5) is 1.69. The Hall–Kier alpha value is -1.07. The van der Waals surface area contributed by atoms with Crippen LogP contribution in [0.3, 0.4) is 0 Å². The fraction of sp³-hybridized carbons (Fsp3) is 0.615. The molecule has 2 heterocycles. The zero-order chi connectivity index (χ0) is 12.8. The van der Waals surface area contributed by atoms with Crippen LogP contribution in [0.25, 0.3) is 0 Å². The van der Waals surface area contributed by atoms with Gasteiger partial charge in [0.2, 0.25) is 0 Å². The Balaban J connectivity index is 1.65. The summed E-state index contributed by atoms with van der Waals surface area (Å²) in [5, 5.41) is 7.18. The summed E-state index contributed by atoms with van der Waals surface area (Å²) in [7, 11) is 0. The lowest BCUT2D eigenvalue weighted by atomic mass is 10.2. The predicted octanol–water partition coefficient (Wildman–Crippen LogP) is 0.311. The van der Waals surface area contributed by atoms with Gasteiger partial charge in [-0.1, -0.05) is 0 Å². The summed E-state index contributed by atoms with van der Waals surface area (Å²) >= 11 is 5.26. The SMILES string of the molecule is CC[NH+]1CCC[C@H]1CNC(=S)NCc1ccco1. The molecule has 100 valence electrons. The highest BCUT2D eigenvalue weighted by Crippen LogP contribution is 1.99. The average Bonchev–Trinajstić information content (AvgIpc) is 3.04. The summed E-state index contributed by atoms with van der Waals surface area (Å²) in [6, 6.07) is 4.53. The van der Waals surface area contributed by atoms with E-state index in [-0.39, 0.29) is 0 Å². The minimum Gasteiger partial charge on any atom is -0.467 e. The predicted molar refractivity (Wildman–Crippen MR) is 75.5 cm³/mol. The lowest BCUT2D eigenvalue weighted by molar-refractivity contribution is -0.909. The van der Waals surface area contributed by atoms with Gasteiger partial charge in [0, 0.05) is 12.8 Å². The molecule has 1 fully saturated rings. The molecule has 1 saturated heterocycles. The monoisotopic (exact) mass is 268 g/mol. The quantitative estimate of drug-likeness (QED) is 0.673. The maximum atomic E-state index is 5.26. The van der Waals surface area contributed by atoms with Gasteiger partial charge in [0.15, 0.2) is 5.11 Å².